The van der Waals surface area contributed by atoms with Gasteiger partial charge in [0, 0.05) is 25.6 Å². The summed E-state index contributed by atoms with van der Waals surface area (Å²) in [5, 5.41) is 5.85. The third kappa shape index (κ3) is 3.41. The summed E-state index contributed by atoms with van der Waals surface area (Å²) < 4.78 is 19.6. The Morgan fingerprint density at radius 1 is 1.50 bits per heavy atom. The second-order valence-electron chi connectivity index (χ2n) is 5.89. The summed E-state index contributed by atoms with van der Waals surface area (Å²) in [6.07, 6.45) is 2.22. The van der Waals surface area contributed by atoms with E-state index in [9.17, 15) is 14.0 Å². The van der Waals surface area contributed by atoms with Gasteiger partial charge < -0.3 is 15.4 Å². The summed E-state index contributed by atoms with van der Waals surface area (Å²) in [4.78, 5) is 24.4. The Bertz CT molecular complexity index is 690. The number of hydrogen-bond acceptors (Lipinski definition) is 4. The molecule has 0 unspecified atom stereocenters. The van der Waals surface area contributed by atoms with Gasteiger partial charge in [-0.05, 0) is 36.7 Å². The van der Waals surface area contributed by atoms with Crippen LogP contribution in [0.15, 0.2) is 24.3 Å². The lowest BCUT2D eigenvalue weighted by Gasteiger charge is -2.22. The Balaban J connectivity index is 1.82. The molecular formula is C17H20FN3O3. The molecule has 0 spiro atoms. The van der Waals surface area contributed by atoms with Gasteiger partial charge in [0.05, 0.1) is 11.7 Å². The fourth-order valence-corrected chi connectivity index (χ4v) is 2.97. The Labute approximate surface area is 139 Å². The van der Waals surface area contributed by atoms with Gasteiger partial charge >= 0.3 is 6.09 Å². The molecular weight excluding hydrogens is 313 g/mol. The van der Waals surface area contributed by atoms with Gasteiger partial charge in [-0.25, -0.2) is 9.18 Å². The van der Waals surface area contributed by atoms with Gasteiger partial charge in [0.15, 0.2) is 0 Å². The lowest BCUT2D eigenvalue weighted by molar-refractivity contribution is -0.119. The first-order valence-corrected chi connectivity index (χ1v) is 7.96. The second kappa shape index (κ2) is 7.00. The van der Waals surface area contributed by atoms with Crippen LogP contribution < -0.4 is 15.5 Å². The van der Waals surface area contributed by atoms with Gasteiger partial charge in [-0.3, -0.25) is 9.69 Å². The van der Waals surface area contributed by atoms with Crippen LogP contribution in [0.2, 0.25) is 0 Å². The van der Waals surface area contributed by atoms with Crippen LogP contribution in [0.25, 0.3) is 5.57 Å². The van der Waals surface area contributed by atoms with Crippen molar-refractivity contribution in [3.63, 3.8) is 0 Å². The van der Waals surface area contributed by atoms with Crippen molar-refractivity contribution in [2.45, 2.75) is 19.4 Å². The Morgan fingerprint density at radius 3 is 3.00 bits per heavy atom. The molecule has 2 aliphatic heterocycles. The molecule has 6 nitrogen and oxygen atoms in total. The first-order valence-electron chi connectivity index (χ1n) is 7.96. The monoisotopic (exact) mass is 333 g/mol. The number of benzene rings is 1. The molecule has 0 saturated carbocycles. The van der Waals surface area contributed by atoms with Crippen molar-refractivity contribution in [2.24, 2.45) is 0 Å². The maximum absolute atomic E-state index is 14.5. The van der Waals surface area contributed by atoms with Gasteiger partial charge in [-0.1, -0.05) is 6.08 Å². The summed E-state index contributed by atoms with van der Waals surface area (Å²) in [5.41, 5.74) is 1.96. The van der Waals surface area contributed by atoms with Crippen LogP contribution in [-0.4, -0.2) is 44.3 Å². The highest BCUT2D eigenvalue weighted by atomic mass is 19.1. The van der Waals surface area contributed by atoms with Crippen molar-refractivity contribution >= 4 is 23.3 Å². The Kier molecular flexibility index (Phi) is 4.80. The molecule has 1 atom stereocenters. The van der Waals surface area contributed by atoms with E-state index in [1.165, 1.54) is 17.9 Å². The van der Waals surface area contributed by atoms with E-state index in [1.807, 2.05) is 6.08 Å². The molecule has 1 aromatic rings. The summed E-state index contributed by atoms with van der Waals surface area (Å²) in [7, 11) is 0. The van der Waals surface area contributed by atoms with E-state index >= 15 is 0 Å². The highest BCUT2D eigenvalue weighted by Gasteiger charge is 2.34. The summed E-state index contributed by atoms with van der Waals surface area (Å²) in [5.74, 6) is -0.549. The largest absolute Gasteiger partial charge is 0.447 e. The zero-order valence-corrected chi connectivity index (χ0v) is 13.5. The molecule has 7 heteroatoms. The number of carbonyl (C=O) groups excluding carboxylic acids is 2. The number of nitrogens with zero attached hydrogens (tertiary/aromatic N) is 1. The van der Waals surface area contributed by atoms with Gasteiger partial charge in [0.1, 0.15) is 12.4 Å². The van der Waals surface area contributed by atoms with Crippen LogP contribution in [-0.2, 0) is 9.53 Å². The Hall–Kier alpha value is -2.41. The second-order valence-corrected chi connectivity index (χ2v) is 5.89. The smallest absolute Gasteiger partial charge is 0.414 e. The van der Waals surface area contributed by atoms with E-state index < -0.39 is 6.09 Å². The molecule has 2 heterocycles. The zero-order chi connectivity index (χ0) is 17.1. The van der Waals surface area contributed by atoms with Gasteiger partial charge in [-0.15, -0.1) is 0 Å². The molecule has 0 radical (unpaired) electrons. The number of rotatable bonds is 4. The first-order chi connectivity index (χ1) is 11.6. The third-order valence-corrected chi connectivity index (χ3v) is 4.19. The quantitative estimate of drug-likeness (QED) is 0.879. The van der Waals surface area contributed by atoms with Crippen molar-refractivity contribution in [3.8, 4) is 0 Å². The topological polar surface area (TPSA) is 70.7 Å². The SMILES string of the molecule is CC(=O)NC[C@H]1COC(=O)N1c1ccc(C2=CCNCC2)c(F)c1. The zero-order valence-electron chi connectivity index (χ0n) is 13.5. The molecule has 0 bridgehead atoms. The minimum atomic E-state index is -0.529. The number of cyclic esters (lactones) is 1. The number of anilines is 1. The highest BCUT2D eigenvalue weighted by molar-refractivity contribution is 5.90. The number of ether oxygens (including phenoxy) is 1. The predicted octanol–water partition coefficient (Wildman–Crippen LogP) is 1.66. The lowest BCUT2D eigenvalue weighted by atomic mass is 9.99. The van der Waals surface area contributed by atoms with Crippen LogP contribution in [0, 0.1) is 5.82 Å². The van der Waals surface area contributed by atoms with Crippen LogP contribution in [0.5, 0.6) is 0 Å². The van der Waals surface area contributed by atoms with Crippen LogP contribution >= 0.6 is 0 Å². The molecule has 24 heavy (non-hydrogen) atoms. The first kappa shape index (κ1) is 16.4. The maximum atomic E-state index is 14.5. The molecule has 1 saturated heterocycles. The molecule has 2 N–H and O–H groups in total. The van der Waals surface area contributed by atoms with Crippen molar-refractivity contribution in [1.29, 1.82) is 0 Å². The number of halogens is 1. The standard InChI is InChI=1S/C17H20FN3O3/c1-11(22)20-9-14-10-24-17(23)21(14)13-2-3-15(16(18)8-13)12-4-6-19-7-5-12/h2-4,8,14,19H,5-7,9-10H2,1H3,(H,20,22)/t14-/m0/s1. The summed E-state index contributed by atoms with van der Waals surface area (Å²) in [6, 6.07) is 4.42. The van der Waals surface area contributed by atoms with E-state index in [1.54, 1.807) is 12.1 Å². The van der Waals surface area contributed by atoms with E-state index in [-0.39, 0.29) is 30.9 Å². The van der Waals surface area contributed by atoms with E-state index in [4.69, 9.17) is 4.74 Å². The molecule has 1 fully saturated rings. The highest BCUT2D eigenvalue weighted by Crippen LogP contribution is 2.29. The predicted molar refractivity (Wildman–Crippen MR) is 88.2 cm³/mol. The molecule has 1 aromatic carbocycles. The number of nitrogens with one attached hydrogen (secondary N) is 2. The van der Waals surface area contributed by atoms with E-state index in [2.05, 4.69) is 10.6 Å². The number of carbonyl (C=O) groups is 2. The van der Waals surface area contributed by atoms with Crippen LogP contribution in [0.4, 0.5) is 14.9 Å². The molecule has 2 aliphatic rings. The normalized spacial score (nSPS) is 20.6. The summed E-state index contributed by atoms with van der Waals surface area (Å²) >= 11 is 0. The minimum Gasteiger partial charge on any atom is -0.447 e. The van der Waals surface area contributed by atoms with Gasteiger partial charge in [-0.2, -0.15) is 0 Å². The van der Waals surface area contributed by atoms with Crippen LogP contribution in [0.1, 0.15) is 18.9 Å². The molecule has 0 aromatic heterocycles. The van der Waals surface area contributed by atoms with Crippen molar-refractivity contribution in [3.05, 3.63) is 35.7 Å². The molecule has 3 rings (SSSR count). The molecule has 0 aliphatic carbocycles. The van der Waals surface area contributed by atoms with Crippen molar-refractivity contribution < 1.29 is 18.7 Å². The lowest BCUT2D eigenvalue weighted by Crippen LogP contribution is -2.42. The van der Waals surface area contributed by atoms with Gasteiger partial charge in [0.2, 0.25) is 5.91 Å². The number of amides is 2. The fourth-order valence-electron chi connectivity index (χ4n) is 2.97. The van der Waals surface area contributed by atoms with Crippen molar-refractivity contribution in [1.82, 2.24) is 10.6 Å². The molecule has 2 amide bonds. The number of hydrogen-bond donors (Lipinski definition) is 2. The minimum absolute atomic E-state index is 0.166. The average molecular weight is 333 g/mol. The molecule has 128 valence electrons. The van der Waals surface area contributed by atoms with E-state index in [0.717, 1.165) is 25.1 Å². The van der Waals surface area contributed by atoms with E-state index in [0.29, 0.717) is 11.3 Å². The Morgan fingerprint density at radius 2 is 2.33 bits per heavy atom. The van der Waals surface area contributed by atoms with Crippen LogP contribution in [0.3, 0.4) is 0 Å². The van der Waals surface area contributed by atoms with Crippen molar-refractivity contribution in [2.75, 3.05) is 31.1 Å². The summed E-state index contributed by atoms with van der Waals surface area (Å²) in [6.45, 7) is 3.39. The third-order valence-electron chi connectivity index (χ3n) is 4.19. The fraction of sp³-hybridized carbons (Fsp3) is 0.412. The maximum Gasteiger partial charge on any atom is 0.414 e. The average Bonchev–Trinajstić information content (AvgIpc) is 2.94. The van der Waals surface area contributed by atoms with Gasteiger partial charge in [0.25, 0.3) is 0 Å².